The molecular weight excluding hydrogens is 272 g/mol. The summed E-state index contributed by atoms with van der Waals surface area (Å²) in [4.78, 5) is 12.9. The molecule has 2 heterocycles. The molecule has 0 saturated carbocycles. The number of amides is 1. The molecule has 0 radical (unpaired) electrons. The van der Waals surface area contributed by atoms with Crippen LogP contribution in [0.1, 0.15) is 18.7 Å². The van der Waals surface area contributed by atoms with Crippen LogP contribution in [0.15, 0.2) is 24.3 Å². The number of benzene rings is 1. The summed E-state index contributed by atoms with van der Waals surface area (Å²) in [5, 5.41) is 3.66. The first kappa shape index (κ1) is 13.0. The molecule has 1 amide bonds. The highest BCUT2D eigenvalue weighted by Gasteiger charge is 2.24. The van der Waals surface area contributed by atoms with Crippen molar-refractivity contribution >= 4 is 27.9 Å². The van der Waals surface area contributed by atoms with Crippen LogP contribution < -0.4 is 15.8 Å². The zero-order valence-electron chi connectivity index (χ0n) is 11.4. The van der Waals surface area contributed by atoms with Crippen LogP contribution in [0, 0.1) is 0 Å². The van der Waals surface area contributed by atoms with Gasteiger partial charge in [0.2, 0.25) is 0 Å². The lowest BCUT2D eigenvalue weighted by Gasteiger charge is -2.23. The van der Waals surface area contributed by atoms with Gasteiger partial charge in [-0.05, 0) is 37.1 Å². The van der Waals surface area contributed by atoms with Crippen LogP contribution in [0.25, 0.3) is 11.1 Å². The van der Waals surface area contributed by atoms with Crippen LogP contribution in [0.3, 0.4) is 0 Å². The third-order valence-electron chi connectivity index (χ3n) is 3.38. The molecule has 4 nitrogen and oxygen atoms in total. The number of hydrogen-bond donors (Lipinski definition) is 2. The molecule has 1 aromatic carbocycles. The topological polar surface area (TPSA) is 64.3 Å². The van der Waals surface area contributed by atoms with Crippen molar-refractivity contribution in [1.82, 2.24) is 0 Å². The van der Waals surface area contributed by atoms with Gasteiger partial charge in [0.15, 0.2) is 6.10 Å². The molecule has 1 atom stereocenters. The first-order valence-corrected chi connectivity index (χ1v) is 7.40. The van der Waals surface area contributed by atoms with Gasteiger partial charge < -0.3 is 15.8 Å². The second-order valence-corrected chi connectivity index (χ2v) is 5.97. The molecule has 2 aromatic rings. The minimum absolute atomic E-state index is 0.123. The van der Waals surface area contributed by atoms with Crippen LogP contribution in [0.2, 0.25) is 0 Å². The summed E-state index contributed by atoms with van der Waals surface area (Å²) in [6.45, 7) is 3.84. The van der Waals surface area contributed by atoms with E-state index < -0.39 is 6.10 Å². The number of aryl methyl sites for hydroxylation is 1. The number of carbonyl (C=O) groups excluding carboxylic acids is 1. The number of nitrogen functional groups attached to an aromatic ring is 1. The monoisotopic (exact) mass is 288 g/mol. The number of ether oxygens (including phenoxy) is 1. The van der Waals surface area contributed by atoms with Crippen molar-refractivity contribution in [2.75, 3.05) is 11.1 Å². The van der Waals surface area contributed by atoms with Crippen LogP contribution in [-0.2, 0) is 11.2 Å². The SMILES string of the molecule is CCc1cc(-c2ccc3c(c2)NC(=O)C(C)O3)c(N)s1. The van der Waals surface area contributed by atoms with Crippen molar-refractivity contribution in [3.8, 4) is 16.9 Å². The molecule has 0 saturated heterocycles. The Labute approximate surface area is 121 Å². The molecule has 20 heavy (non-hydrogen) atoms. The maximum Gasteiger partial charge on any atom is 0.265 e. The van der Waals surface area contributed by atoms with E-state index in [0.29, 0.717) is 11.4 Å². The van der Waals surface area contributed by atoms with Crippen molar-refractivity contribution in [2.45, 2.75) is 26.4 Å². The minimum atomic E-state index is -0.453. The molecule has 104 valence electrons. The second kappa shape index (κ2) is 4.83. The Bertz CT molecular complexity index is 679. The third kappa shape index (κ3) is 2.14. The molecule has 0 spiro atoms. The standard InChI is InChI=1S/C15H16N2O2S/c1-3-10-7-11(14(16)20-10)9-4-5-13-12(6-9)17-15(18)8(2)19-13/h4-8H,3,16H2,1-2H3,(H,17,18). The molecule has 1 aromatic heterocycles. The van der Waals surface area contributed by atoms with Gasteiger partial charge in [0.25, 0.3) is 5.91 Å². The van der Waals surface area contributed by atoms with E-state index in [0.717, 1.165) is 22.5 Å². The van der Waals surface area contributed by atoms with E-state index in [9.17, 15) is 4.79 Å². The highest BCUT2D eigenvalue weighted by Crippen LogP contribution is 2.39. The maximum absolute atomic E-state index is 11.7. The van der Waals surface area contributed by atoms with E-state index in [4.69, 9.17) is 10.5 Å². The zero-order valence-corrected chi connectivity index (χ0v) is 12.2. The second-order valence-electron chi connectivity index (χ2n) is 4.80. The van der Waals surface area contributed by atoms with Gasteiger partial charge in [-0.15, -0.1) is 11.3 Å². The van der Waals surface area contributed by atoms with Gasteiger partial charge in [-0.1, -0.05) is 13.0 Å². The molecular formula is C15H16N2O2S. The lowest BCUT2D eigenvalue weighted by Crippen LogP contribution is -2.34. The van der Waals surface area contributed by atoms with Gasteiger partial charge in [0.1, 0.15) is 5.75 Å². The Morgan fingerprint density at radius 3 is 2.90 bits per heavy atom. The molecule has 3 N–H and O–H groups in total. The van der Waals surface area contributed by atoms with Gasteiger partial charge in [0.05, 0.1) is 10.7 Å². The average Bonchev–Trinajstić information content (AvgIpc) is 2.81. The largest absolute Gasteiger partial charge is 0.479 e. The first-order valence-electron chi connectivity index (χ1n) is 6.58. The lowest BCUT2D eigenvalue weighted by molar-refractivity contribution is -0.122. The van der Waals surface area contributed by atoms with Gasteiger partial charge in [-0.25, -0.2) is 0 Å². The van der Waals surface area contributed by atoms with E-state index in [1.54, 1.807) is 18.3 Å². The summed E-state index contributed by atoms with van der Waals surface area (Å²) in [7, 11) is 0. The number of nitrogens with one attached hydrogen (secondary N) is 1. The van der Waals surface area contributed by atoms with Gasteiger partial charge in [-0.3, -0.25) is 4.79 Å². The van der Waals surface area contributed by atoms with Gasteiger partial charge >= 0.3 is 0 Å². The van der Waals surface area contributed by atoms with Crippen molar-refractivity contribution in [1.29, 1.82) is 0 Å². The Morgan fingerprint density at radius 1 is 1.40 bits per heavy atom. The number of hydrogen-bond acceptors (Lipinski definition) is 4. The molecule has 1 aliphatic rings. The summed E-state index contributed by atoms with van der Waals surface area (Å²) in [6.07, 6.45) is 0.517. The summed E-state index contributed by atoms with van der Waals surface area (Å²) in [6, 6.07) is 7.87. The van der Waals surface area contributed by atoms with Crippen LogP contribution >= 0.6 is 11.3 Å². The van der Waals surface area contributed by atoms with Crippen LogP contribution in [-0.4, -0.2) is 12.0 Å². The number of anilines is 2. The van der Waals surface area contributed by atoms with E-state index in [-0.39, 0.29) is 5.91 Å². The Morgan fingerprint density at radius 2 is 2.20 bits per heavy atom. The summed E-state index contributed by atoms with van der Waals surface area (Å²) in [5.74, 6) is 0.576. The fraction of sp³-hybridized carbons (Fsp3) is 0.267. The molecule has 1 aliphatic heterocycles. The van der Waals surface area contributed by atoms with E-state index in [1.165, 1.54) is 4.88 Å². The van der Waals surface area contributed by atoms with Crippen LogP contribution in [0.4, 0.5) is 10.7 Å². The van der Waals surface area contributed by atoms with Crippen molar-refractivity contribution in [3.63, 3.8) is 0 Å². The Kier molecular flexibility index (Phi) is 3.14. The van der Waals surface area contributed by atoms with E-state index in [2.05, 4.69) is 18.3 Å². The summed E-state index contributed by atoms with van der Waals surface area (Å²) < 4.78 is 5.55. The maximum atomic E-state index is 11.7. The quantitative estimate of drug-likeness (QED) is 0.891. The zero-order chi connectivity index (χ0) is 14.3. The normalized spacial score (nSPS) is 17.3. The highest BCUT2D eigenvalue weighted by molar-refractivity contribution is 7.16. The number of thiophene rings is 1. The fourth-order valence-corrected chi connectivity index (χ4v) is 3.12. The van der Waals surface area contributed by atoms with Crippen molar-refractivity contribution in [2.24, 2.45) is 0 Å². The Balaban J connectivity index is 2.02. The van der Waals surface area contributed by atoms with Gasteiger partial charge in [0, 0.05) is 10.4 Å². The molecule has 5 heteroatoms. The first-order chi connectivity index (χ1) is 9.58. The molecule has 0 fully saturated rings. The number of rotatable bonds is 2. The van der Waals surface area contributed by atoms with Crippen LogP contribution in [0.5, 0.6) is 5.75 Å². The smallest absolute Gasteiger partial charge is 0.265 e. The lowest BCUT2D eigenvalue weighted by atomic mass is 10.1. The average molecular weight is 288 g/mol. The third-order valence-corrected chi connectivity index (χ3v) is 4.49. The predicted octanol–water partition coefficient (Wildman–Crippen LogP) is 3.28. The summed E-state index contributed by atoms with van der Waals surface area (Å²) in [5.41, 5.74) is 8.79. The molecule has 3 rings (SSSR count). The molecule has 0 aliphatic carbocycles. The number of fused-ring (bicyclic) bond motifs is 1. The number of nitrogens with two attached hydrogens (primary N) is 1. The predicted molar refractivity (Wildman–Crippen MR) is 82.3 cm³/mol. The number of carbonyl (C=O) groups is 1. The summed E-state index contributed by atoms with van der Waals surface area (Å²) >= 11 is 1.61. The minimum Gasteiger partial charge on any atom is -0.479 e. The van der Waals surface area contributed by atoms with Crippen molar-refractivity contribution < 1.29 is 9.53 Å². The molecule has 1 unspecified atom stereocenters. The molecule has 0 bridgehead atoms. The fourth-order valence-electron chi connectivity index (χ4n) is 2.23. The Hall–Kier alpha value is -2.01. The van der Waals surface area contributed by atoms with Crippen molar-refractivity contribution in [3.05, 3.63) is 29.1 Å². The highest BCUT2D eigenvalue weighted by atomic mass is 32.1. The van der Waals surface area contributed by atoms with Gasteiger partial charge in [-0.2, -0.15) is 0 Å². The van der Waals surface area contributed by atoms with E-state index in [1.807, 2.05) is 18.2 Å². The van der Waals surface area contributed by atoms with E-state index >= 15 is 0 Å².